The monoisotopic (exact) mass is 608 g/mol. The zero-order valence-corrected chi connectivity index (χ0v) is 28.4. The summed E-state index contributed by atoms with van der Waals surface area (Å²) < 4.78 is 9.24. The van der Waals surface area contributed by atoms with Gasteiger partial charge in [0.2, 0.25) is 0 Å². The summed E-state index contributed by atoms with van der Waals surface area (Å²) >= 11 is 1.96. The Labute approximate surface area is 264 Å². The number of thioether (sulfide) groups is 1. The fourth-order valence-electron chi connectivity index (χ4n) is 6.33. The highest BCUT2D eigenvalue weighted by Crippen LogP contribution is 2.39. The van der Waals surface area contributed by atoms with Gasteiger partial charge in [0.15, 0.2) is 0 Å². The van der Waals surface area contributed by atoms with Crippen LogP contribution in [-0.2, 0) is 21.8 Å². The van der Waals surface area contributed by atoms with E-state index < -0.39 is 9.04 Å². The Bertz CT molecular complexity index is 1530. The Kier molecular flexibility index (Phi) is 8.65. The smallest absolute Gasteiger partial charge is 0.283 e. The van der Waals surface area contributed by atoms with Gasteiger partial charge in [0.05, 0.1) is 11.2 Å². The summed E-state index contributed by atoms with van der Waals surface area (Å²) in [6, 6.07) is 29.0. The van der Waals surface area contributed by atoms with Gasteiger partial charge in [-0.15, -0.1) is 11.8 Å². The molecule has 1 N–H and O–H groups in total. The highest BCUT2D eigenvalue weighted by atomic mass is 32.2. The maximum Gasteiger partial charge on any atom is 0.283 e. The van der Waals surface area contributed by atoms with E-state index in [2.05, 4.69) is 130 Å². The second-order valence-electron chi connectivity index (χ2n) is 14.2. The normalized spacial score (nSPS) is 19.0. The van der Waals surface area contributed by atoms with Gasteiger partial charge in [-0.25, -0.2) is 4.68 Å². The fourth-order valence-corrected chi connectivity index (χ4v) is 9.56. The van der Waals surface area contributed by atoms with Crippen molar-refractivity contribution in [3.05, 3.63) is 95.7 Å². The number of nitrogens with zero attached hydrogens (tertiary/aromatic N) is 2. The van der Waals surface area contributed by atoms with Crippen molar-refractivity contribution in [3.8, 4) is 0 Å². The number of aromatic nitrogens is 2. The van der Waals surface area contributed by atoms with Crippen molar-refractivity contribution < 1.29 is 4.43 Å². The maximum absolute atomic E-state index is 7.04. The molecule has 1 aliphatic heterocycles. The zero-order valence-electron chi connectivity index (χ0n) is 26.6. The van der Waals surface area contributed by atoms with Crippen molar-refractivity contribution in [2.24, 2.45) is 0 Å². The summed E-state index contributed by atoms with van der Waals surface area (Å²) in [5.74, 6) is 2.72. The summed E-state index contributed by atoms with van der Waals surface area (Å²) in [6.45, 7) is 13.5. The lowest BCUT2D eigenvalue weighted by molar-refractivity contribution is 0.150. The lowest BCUT2D eigenvalue weighted by atomic mass is 9.85. The molecule has 6 rings (SSSR count). The van der Waals surface area contributed by atoms with Crippen LogP contribution in [0.3, 0.4) is 0 Å². The molecule has 1 fully saturated rings. The van der Waals surface area contributed by atoms with Gasteiger partial charge in [-0.3, -0.25) is 0 Å². The number of fused-ring (bicyclic) bond motifs is 1. The highest BCUT2D eigenvalue weighted by molar-refractivity contribution is 7.99. The lowest BCUT2D eigenvalue weighted by Crippen LogP contribution is -2.47. The van der Waals surface area contributed by atoms with E-state index in [0.717, 1.165) is 37.9 Å². The molecule has 225 valence electrons. The Morgan fingerprint density at radius 3 is 2.21 bits per heavy atom. The Morgan fingerprint density at radius 2 is 1.53 bits per heavy atom. The molecule has 1 aromatic heterocycles. The quantitative estimate of drug-likeness (QED) is 0.215. The minimum atomic E-state index is -1.33. The second-order valence-corrected chi connectivity index (χ2v) is 17.3. The van der Waals surface area contributed by atoms with Crippen LogP contribution < -0.4 is 15.7 Å². The van der Waals surface area contributed by atoms with Crippen molar-refractivity contribution in [2.75, 3.05) is 11.1 Å². The van der Waals surface area contributed by atoms with Crippen molar-refractivity contribution in [3.63, 3.8) is 0 Å². The standard InChI is InChI=1S/C37H46N3OSSi/c1-36(2,3)27-17-21-30(22-18-27)43(29-11-8-7-9-12-29)41-28-19-15-26(16-20-28)33-25-35(40(39-33)37(4,5)6)38-32-13-10-14-34-31(32)23-24-42-34/h7-14,17-18,21-22,25-26,28,38H,15-16,19-20,23-24H2,1-6H3. The predicted octanol–water partition coefficient (Wildman–Crippen LogP) is 8.18. The van der Waals surface area contributed by atoms with E-state index in [9.17, 15) is 0 Å². The molecule has 1 radical (unpaired) electrons. The van der Waals surface area contributed by atoms with Crippen LogP contribution in [0.4, 0.5) is 11.5 Å². The van der Waals surface area contributed by atoms with E-state index in [4.69, 9.17) is 9.52 Å². The van der Waals surface area contributed by atoms with Crippen LogP contribution in [-0.4, -0.2) is 30.7 Å². The largest absolute Gasteiger partial charge is 0.404 e. The maximum atomic E-state index is 7.04. The van der Waals surface area contributed by atoms with Gasteiger partial charge in [0.25, 0.3) is 9.04 Å². The molecule has 43 heavy (non-hydrogen) atoms. The molecular formula is C37H46N3OSSi. The van der Waals surface area contributed by atoms with Gasteiger partial charge in [-0.2, -0.15) is 5.10 Å². The molecule has 4 aromatic rings. The van der Waals surface area contributed by atoms with E-state index in [1.165, 1.54) is 43.5 Å². The van der Waals surface area contributed by atoms with Gasteiger partial charge < -0.3 is 9.74 Å². The molecule has 6 heteroatoms. The third-order valence-corrected chi connectivity index (χ3v) is 12.2. The van der Waals surface area contributed by atoms with Crippen molar-refractivity contribution in [2.45, 2.75) is 102 Å². The topological polar surface area (TPSA) is 39.1 Å². The molecular weight excluding hydrogens is 563 g/mol. The lowest BCUT2D eigenvalue weighted by Gasteiger charge is -2.31. The van der Waals surface area contributed by atoms with E-state index in [0.29, 0.717) is 5.92 Å². The minimum Gasteiger partial charge on any atom is -0.404 e. The summed E-state index contributed by atoms with van der Waals surface area (Å²) in [4.78, 5) is 1.41. The SMILES string of the molecule is CC(C)(C)c1ccc([Si](OC2CCC(c3cc(Nc4cccc5c4CCS5)n(C(C)(C)C)n3)CC2)c2ccccc2)cc1. The van der Waals surface area contributed by atoms with Crippen LogP contribution in [0, 0.1) is 0 Å². The number of hydrogen-bond donors (Lipinski definition) is 1. The summed E-state index contributed by atoms with van der Waals surface area (Å²) in [6.07, 6.45) is 5.75. The van der Waals surface area contributed by atoms with Crippen LogP contribution in [0.1, 0.15) is 90.0 Å². The molecule has 0 atom stereocenters. The van der Waals surface area contributed by atoms with Crippen molar-refractivity contribution in [1.82, 2.24) is 9.78 Å². The van der Waals surface area contributed by atoms with Gasteiger partial charge in [-0.1, -0.05) is 81.4 Å². The molecule has 1 saturated carbocycles. The summed E-state index contributed by atoms with van der Waals surface area (Å²) in [7, 11) is -1.33. The first kappa shape index (κ1) is 30.2. The summed E-state index contributed by atoms with van der Waals surface area (Å²) in [5.41, 5.74) is 5.28. The number of rotatable bonds is 7. The average molecular weight is 609 g/mol. The summed E-state index contributed by atoms with van der Waals surface area (Å²) in [5, 5.41) is 11.7. The first-order valence-corrected chi connectivity index (χ1v) is 18.3. The van der Waals surface area contributed by atoms with Gasteiger partial charge >= 0.3 is 0 Å². The predicted molar refractivity (Wildman–Crippen MR) is 184 cm³/mol. The molecule has 2 aliphatic rings. The van der Waals surface area contributed by atoms with Crippen LogP contribution in [0.2, 0.25) is 0 Å². The van der Waals surface area contributed by atoms with E-state index in [-0.39, 0.29) is 17.1 Å². The molecule has 0 spiro atoms. The van der Waals surface area contributed by atoms with Crippen molar-refractivity contribution >= 4 is 42.7 Å². The first-order chi connectivity index (χ1) is 20.6. The Balaban J connectivity index is 1.17. The molecule has 4 nitrogen and oxygen atoms in total. The van der Waals surface area contributed by atoms with Gasteiger partial charge in [0.1, 0.15) is 5.82 Å². The molecule has 0 bridgehead atoms. The first-order valence-electron chi connectivity index (χ1n) is 15.9. The minimum absolute atomic E-state index is 0.108. The number of nitrogens with one attached hydrogen (secondary N) is 1. The molecule has 0 amide bonds. The third-order valence-electron chi connectivity index (χ3n) is 8.80. The second kappa shape index (κ2) is 12.3. The van der Waals surface area contributed by atoms with Crippen molar-refractivity contribution in [1.29, 1.82) is 0 Å². The highest BCUT2D eigenvalue weighted by Gasteiger charge is 2.31. The fraction of sp³-hybridized carbons (Fsp3) is 0.432. The molecule has 1 aliphatic carbocycles. The van der Waals surface area contributed by atoms with Crippen LogP contribution in [0.15, 0.2) is 83.8 Å². The molecule has 2 heterocycles. The van der Waals surface area contributed by atoms with Gasteiger partial charge in [0, 0.05) is 34.4 Å². The van der Waals surface area contributed by atoms with E-state index >= 15 is 0 Å². The van der Waals surface area contributed by atoms with Gasteiger partial charge in [-0.05, 0) is 91.9 Å². The number of anilines is 2. The van der Waals surface area contributed by atoms with Crippen LogP contribution in [0.5, 0.6) is 0 Å². The number of hydrogen-bond acceptors (Lipinski definition) is 4. The third kappa shape index (κ3) is 6.82. The van der Waals surface area contributed by atoms with E-state index in [1.54, 1.807) is 0 Å². The van der Waals surface area contributed by atoms with Crippen LogP contribution >= 0.6 is 11.8 Å². The Hall–Kier alpha value is -2.80. The average Bonchev–Trinajstić information content (AvgIpc) is 3.65. The number of benzene rings is 3. The molecule has 3 aromatic carbocycles. The Morgan fingerprint density at radius 1 is 0.837 bits per heavy atom. The zero-order chi connectivity index (χ0) is 30.2. The molecule has 0 saturated heterocycles. The van der Waals surface area contributed by atoms with Crippen LogP contribution in [0.25, 0.3) is 0 Å². The van der Waals surface area contributed by atoms with E-state index in [1.807, 2.05) is 11.8 Å². The molecule has 0 unspecified atom stereocenters.